The molecule has 4 bridgehead atoms. The zero-order valence-corrected chi connectivity index (χ0v) is 21.2. The minimum atomic E-state index is -6.45. The summed E-state index contributed by atoms with van der Waals surface area (Å²) in [5, 5.41) is -5.81. The Hall–Kier alpha value is -2.39. The van der Waals surface area contributed by atoms with E-state index in [1.54, 1.807) is 30.3 Å². The summed E-state index contributed by atoms with van der Waals surface area (Å²) >= 11 is 0. The van der Waals surface area contributed by atoms with Gasteiger partial charge >= 0.3 is 39.3 Å². The summed E-state index contributed by atoms with van der Waals surface area (Å²) in [7, 11) is -6.45. The third kappa shape index (κ3) is 5.75. The van der Waals surface area contributed by atoms with Gasteiger partial charge in [0.25, 0.3) is 0 Å². The van der Waals surface area contributed by atoms with E-state index in [4.69, 9.17) is 18.8 Å². The van der Waals surface area contributed by atoms with Crippen LogP contribution in [-0.4, -0.2) is 54.4 Å². The Morgan fingerprint density at radius 2 is 1.54 bits per heavy atom. The van der Waals surface area contributed by atoms with Gasteiger partial charge in [-0.2, -0.15) is 34.8 Å². The van der Waals surface area contributed by atoms with Crippen molar-refractivity contribution in [1.29, 1.82) is 0 Å². The summed E-state index contributed by atoms with van der Waals surface area (Å²) in [5.41, 5.74) is -2.58. The normalized spacial score (nSPS) is 28.8. The molecule has 0 aliphatic heterocycles. The molecule has 1 N–H and O–H groups in total. The Balaban J connectivity index is 1.42. The molecular weight excluding hydrogens is 562 g/mol. The van der Waals surface area contributed by atoms with Crippen LogP contribution in [0.1, 0.15) is 50.5 Å². The Morgan fingerprint density at radius 3 is 2.10 bits per heavy atom. The molecule has 8 nitrogen and oxygen atoms in total. The number of alkyl halides is 6. The van der Waals surface area contributed by atoms with Crippen LogP contribution in [0.15, 0.2) is 30.3 Å². The maximum Gasteiger partial charge on any atom is 0.456 e. The second kappa shape index (κ2) is 9.91. The molecule has 0 amide bonds. The van der Waals surface area contributed by atoms with Crippen molar-refractivity contribution in [3.63, 3.8) is 0 Å². The summed E-state index contributed by atoms with van der Waals surface area (Å²) < 4.78 is 128. The number of hydrogen-bond donors (Lipinski definition) is 1. The van der Waals surface area contributed by atoms with Gasteiger partial charge in [0.2, 0.25) is 0 Å². The number of benzene rings is 1. The number of carbonyl (C=O) groups is 2. The average Bonchev–Trinajstić information content (AvgIpc) is 2.80. The smallest absolute Gasteiger partial charge is 0.456 e. The second-order valence-corrected chi connectivity index (χ2v) is 12.2. The van der Waals surface area contributed by atoms with Gasteiger partial charge in [0.05, 0.1) is 24.0 Å². The minimum absolute atomic E-state index is 0.110. The Morgan fingerprint density at radius 1 is 0.949 bits per heavy atom. The van der Waals surface area contributed by atoms with Crippen molar-refractivity contribution in [2.24, 2.45) is 17.3 Å². The maximum absolute atomic E-state index is 14.9. The van der Waals surface area contributed by atoms with Crippen LogP contribution in [0.2, 0.25) is 0 Å². The van der Waals surface area contributed by atoms with Crippen molar-refractivity contribution >= 4 is 22.1 Å². The number of hydrogen-bond acceptors (Lipinski definition) is 7. The molecular formula is C24H26F6O8S. The van der Waals surface area contributed by atoms with Crippen molar-refractivity contribution in [3.05, 3.63) is 35.9 Å². The zero-order chi connectivity index (χ0) is 28.9. The van der Waals surface area contributed by atoms with E-state index in [9.17, 15) is 44.3 Å². The summed E-state index contributed by atoms with van der Waals surface area (Å²) in [6.45, 7) is -1.74. The van der Waals surface area contributed by atoms with Gasteiger partial charge in [-0.1, -0.05) is 30.3 Å². The number of rotatable bonds is 11. The molecule has 0 spiro atoms. The molecule has 0 saturated heterocycles. The van der Waals surface area contributed by atoms with Crippen molar-refractivity contribution in [2.75, 3.05) is 6.61 Å². The first kappa shape index (κ1) is 29.6. The van der Waals surface area contributed by atoms with Gasteiger partial charge in [-0.15, -0.1) is 0 Å². The van der Waals surface area contributed by atoms with Gasteiger partial charge in [0.1, 0.15) is 6.61 Å². The van der Waals surface area contributed by atoms with Crippen LogP contribution in [0.4, 0.5) is 26.3 Å². The van der Waals surface area contributed by atoms with Gasteiger partial charge in [-0.25, -0.2) is 4.79 Å². The summed E-state index contributed by atoms with van der Waals surface area (Å²) in [5.74, 6) is -8.82. The fraction of sp³-hybridized carbons (Fsp3) is 0.667. The lowest BCUT2D eigenvalue weighted by Gasteiger charge is -2.60. The Kier molecular flexibility index (Phi) is 7.52. The van der Waals surface area contributed by atoms with Crippen molar-refractivity contribution in [3.8, 4) is 0 Å². The van der Waals surface area contributed by atoms with Gasteiger partial charge < -0.3 is 14.2 Å². The van der Waals surface area contributed by atoms with E-state index in [1.165, 1.54) is 0 Å². The topological polar surface area (TPSA) is 116 Å². The van der Waals surface area contributed by atoms with E-state index in [-0.39, 0.29) is 43.9 Å². The molecule has 4 aliphatic carbocycles. The van der Waals surface area contributed by atoms with Crippen LogP contribution in [-0.2, 0) is 40.5 Å². The fourth-order valence-corrected chi connectivity index (χ4v) is 6.90. The Bertz CT molecular complexity index is 1190. The molecule has 1 aromatic carbocycles. The molecule has 0 heterocycles. The summed E-state index contributed by atoms with van der Waals surface area (Å²) in [4.78, 5) is 25.2. The van der Waals surface area contributed by atoms with Crippen LogP contribution in [0.5, 0.6) is 0 Å². The molecule has 39 heavy (non-hydrogen) atoms. The van der Waals surface area contributed by atoms with Crippen molar-refractivity contribution in [1.82, 2.24) is 0 Å². The standard InChI is InChI=1S/C24H26F6O8S/c25-22(26,24(29,30)39(33,34)35)6-7-36-18(31)20-9-16-8-17(10-20)12-21(11-16,14-20)38-23(27,28)19(32)37-13-15-4-2-1-3-5-15/h1-5,16-17H,6-14H2,(H,33,34,35). The molecule has 2 unspecified atom stereocenters. The van der Waals surface area contributed by atoms with Gasteiger partial charge in [0.15, 0.2) is 0 Å². The van der Waals surface area contributed by atoms with Crippen LogP contribution in [0.25, 0.3) is 0 Å². The molecule has 0 aromatic heterocycles. The number of halogens is 6. The molecule has 4 aliphatic rings. The van der Waals surface area contributed by atoms with Gasteiger partial charge in [-0.05, 0) is 55.9 Å². The molecule has 2 atom stereocenters. The average molecular weight is 589 g/mol. The highest BCUT2D eigenvalue weighted by molar-refractivity contribution is 7.87. The first-order valence-corrected chi connectivity index (χ1v) is 13.5. The second-order valence-electron chi connectivity index (χ2n) is 10.7. The highest BCUT2D eigenvalue weighted by atomic mass is 32.2. The minimum Gasteiger partial charge on any atom is -0.465 e. The van der Waals surface area contributed by atoms with Crippen LogP contribution >= 0.6 is 0 Å². The van der Waals surface area contributed by atoms with E-state index in [0.717, 1.165) is 0 Å². The van der Waals surface area contributed by atoms with E-state index in [2.05, 4.69) is 0 Å². The summed E-state index contributed by atoms with van der Waals surface area (Å²) in [6.07, 6.45) is -5.45. The van der Waals surface area contributed by atoms with Crippen molar-refractivity contribution in [2.45, 2.75) is 74.4 Å². The number of esters is 2. The first-order chi connectivity index (χ1) is 17.9. The molecule has 1 aromatic rings. The molecule has 218 valence electrons. The SMILES string of the molecule is O=C(OCCC(F)(F)C(F)(F)S(=O)(=O)O)C12CC3CC(CC(OC(F)(F)C(=O)OCc4ccccc4)(C3)C1)C2. The lowest BCUT2D eigenvalue weighted by atomic mass is 9.48. The molecule has 4 saturated carbocycles. The fourth-order valence-electron chi connectivity index (χ4n) is 6.42. The predicted octanol–water partition coefficient (Wildman–Crippen LogP) is 4.73. The monoisotopic (exact) mass is 588 g/mol. The summed E-state index contributed by atoms with van der Waals surface area (Å²) in [6, 6.07) is 8.10. The molecule has 0 radical (unpaired) electrons. The predicted molar refractivity (Wildman–Crippen MR) is 119 cm³/mol. The van der Waals surface area contributed by atoms with E-state index in [1.807, 2.05) is 0 Å². The van der Waals surface area contributed by atoms with Gasteiger partial charge in [0, 0.05) is 0 Å². The third-order valence-corrected chi connectivity index (χ3v) is 8.58. The number of carbonyl (C=O) groups excluding carboxylic acids is 2. The molecule has 5 rings (SSSR count). The lowest BCUT2D eigenvalue weighted by Crippen LogP contribution is -2.61. The first-order valence-electron chi connectivity index (χ1n) is 12.1. The van der Waals surface area contributed by atoms with Crippen molar-refractivity contribution < 1.29 is 63.1 Å². The lowest BCUT2D eigenvalue weighted by molar-refractivity contribution is -0.324. The molecule has 15 heteroatoms. The van der Waals surface area contributed by atoms with E-state index < -0.39 is 70.0 Å². The third-order valence-electron chi connectivity index (χ3n) is 7.63. The largest absolute Gasteiger partial charge is 0.465 e. The zero-order valence-electron chi connectivity index (χ0n) is 20.4. The molecule has 4 fully saturated rings. The van der Waals surface area contributed by atoms with E-state index >= 15 is 0 Å². The highest BCUT2D eigenvalue weighted by Gasteiger charge is 2.67. The van der Waals surface area contributed by atoms with Crippen LogP contribution in [0, 0.1) is 17.3 Å². The Labute approximate surface area is 219 Å². The quantitative estimate of drug-likeness (QED) is 0.224. The maximum atomic E-state index is 14.9. The number of ether oxygens (including phenoxy) is 3. The highest BCUT2D eigenvalue weighted by Crippen LogP contribution is 2.64. The van der Waals surface area contributed by atoms with E-state index in [0.29, 0.717) is 12.0 Å². The van der Waals surface area contributed by atoms with Gasteiger partial charge in [-0.3, -0.25) is 9.35 Å². The van der Waals surface area contributed by atoms with Crippen LogP contribution < -0.4 is 0 Å². The van der Waals surface area contributed by atoms with Crippen LogP contribution in [0.3, 0.4) is 0 Å².